The molecule has 0 atom stereocenters. The van der Waals surface area contributed by atoms with Gasteiger partial charge in [0, 0.05) is 10.7 Å². The van der Waals surface area contributed by atoms with Crippen LogP contribution in [0.25, 0.3) is 5.52 Å². The van der Waals surface area contributed by atoms with Gasteiger partial charge in [-0.3, -0.25) is 9.63 Å². The molecule has 1 aromatic carbocycles. The van der Waals surface area contributed by atoms with Crippen molar-refractivity contribution in [2.24, 2.45) is 0 Å². The van der Waals surface area contributed by atoms with E-state index >= 15 is 0 Å². The zero-order valence-corrected chi connectivity index (χ0v) is 15.2. The Labute approximate surface area is 156 Å². The Morgan fingerprint density at radius 3 is 2.92 bits per heavy atom. The van der Waals surface area contributed by atoms with Crippen molar-refractivity contribution in [1.82, 2.24) is 15.1 Å². The minimum Gasteiger partial charge on any atom is -0.394 e. The second-order valence-corrected chi connectivity index (χ2v) is 6.38. The molecule has 1 amide bonds. The van der Waals surface area contributed by atoms with Gasteiger partial charge in [-0.05, 0) is 30.3 Å². The standard InChI is InChI=1S/C16H14BrClN4O3/c17-10-1-2-14(13(18)7-10)20-15-9-22-11(3-4-19-22)8-12(15)16(24)21-25-6-5-23/h1-4,7-9,20,23H,5-6H2,(H,21,24). The molecule has 130 valence electrons. The summed E-state index contributed by atoms with van der Waals surface area (Å²) >= 11 is 9.60. The van der Waals surface area contributed by atoms with E-state index in [1.54, 1.807) is 41.2 Å². The number of nitrogens with one attached hydrogen (secondary N) is 2. The third kappa shape index (κ3) is 4.10. The molecule has 0 aliphatic carbocycles. The van der Waals surface area contributed by atoms with E-state index in [2.05, 4.69) is 31.8 Å². The van der Waals surface area contributed by atoms with E-state index in [1.807, 2.05) is 6.07 Å². The summed E-state index contributed by atoms with van der Waals surface area (Å²) in [6.45, 7) is -0.191. The van der Waals surface area contributed by atoms with Crippen LogP contribution >= 0.6 is 27.5 Å². The first-order valence-electron chi connectivity index (χ1n) is 7.31. The Hall–Kier alpha value is -2.13. The number of anilines is 2. The largest absolute Gasteiger partial charge is 0.394 e. The van der Waals surface area contributed by atoms with Gasteiger partial charge in [0.25, 0.3) is 5.91 Å². The smallest absolute Gasteiger partial charge is 0.277 e. The summed E-state index contributed by atoms with van der Waals surface area (Å²) < 4.78 is 2.49. The highest BCUT2D eigenvalue weighted by Crippen LogP contribution is 2.30. The predicted molar refractivity (Wildman–Crippen MR) is 98.1 cm³/mol. The topological polar surface area (TPSA) is 87.9 Å². The maximum Gasteiger partial charge on any atom is 0.277 e. The number of carbonyl (C=O) groups excluding carboxylic acids is 1. The molecule has 0 unspecified atom stereocenters. The summed E-state index contributed by atoms with van der Waals surface area (Å²) in [6.07, 6.45) is 3.32. The van der Waals surface area contributed by atoms with Crippen molar-refractivity contribution in [3.8, 4) is 0 Å². The van der Waals surface area contributed by atoms with Gasteiger partial charge in [-0.15, -0.1) is 0 Å². The van der Waals surface area contributed by atoms with E-state index in [-0.39, 0.29) is 13.2 Å². The average Bonchev–Trinajstić information content (AvgIpc) is 3.04. The maximum absolute atomic E-state index is 12.4. The number of benzene rings is 1. The van der Waals surface area contributed by atoms with E-state index in [9.17, 15) is 4.79 Å². The lowest BCUT2D eigenvalue weighted by Crippen LogP contribution is -2.26. The van der Waals surface area contributed by atoms with Gasteiger partial charge in [0.2, 0.25) is 0 Å². The molecule has 0 radical (unpaired) electrons. The number of aliphatic hydroxyl groups is 1. The van der Waals surface area contributed by atoms with Crippen LogP contribution in [0.15, 0.2) is 47.2 Å². The minimum atomic E-state index is -0.451. The Balaban J connectivity index is 1.96. The molecule has 3 N–H and O–H groups in total. The lowest BCUT2D eigenvalue weighted by Gasteiger charge is -2.14. The molecule has 0 saturated heterocycles. The van der Waals surface area contributed by atoms with E-state index < -0.39 is 5.91 Å². The number of hydroxylamine groups is 1. The van der Waals surface area contributed by atoms with Gasteiger partial charge in [-0.25, -0.2) is 10.00 Å². The first-order valence-corrected chi connectivity index (χ1v) is 8.48. The third-order valence-electron chi connectivity index (χ3n) is 3.34. The number of hydrogen-bond acceptors (Lipinski definition) is 5. The molecule has 0 spiro atoms. The maximum atomic E-state index is 12.4. The number of aromatic nitrogens is 2. The molecular weight excluding hydrogens is 412 g/mol. The molecule has 2 heterocycles. The van der Waals surface area contributed by atoms with Crippen molar-refractivity contribution in [3.05, 3.63) is 57.8 Å². The average molecular weight is 426 g/mol. The third-order valence-corrected chi connectivity index (χ3v) is 4.14. The Morgan fingerprint density at radius 1 is 1.32 bits per heavy atom. The number of pyridine rings is 1. The number of fused-ring (bicyclic) bond motifs is 1. The summed E-state index contributed by atoms with van der Waals surface area (Å²) in [5.41, 5.74) is 4.54. The zero-order valence-electron chi connectivity index (χ0n) is 12.9. The van der Waals surface area contributed by atoms with Gasteiger partial charge in [0.15, 0.2) is 0 Å². The van der Waals surface area contributed by atoms with Crippen LogP contribution in [-0.4, -0.2) is 33.8 Å². The number of carbonyl (C=O) groups is 1. The molecule has 7 nitrogen and oxygen atoms in total. The molecule has 0 aliphatic heterocycles. The summed E-state index contributed by atoms with van der Waals surface area (Å²) in [5, 5.41) is 16.6. The summed E-state index contributed by atoms with van der Waals surface area (Å²) in [7, 11) is 0. The van der Waals surface area contributed by atoms with Gasteiger partial charge < -0.3 is 10.4 Å². The fourth-order valence-electron chi connectivity index (χ4n) is 2.20. The van der Waals surface area contributed by atoms with E-state index in [0.717, 1.165) is 9.99 Å². The van der Waals surface area contributed by atoms with Crippen molar-refractivity contribution >= 4 is 50.3 Å². The van der Waals surface area contributed by atoms with Crippen LogP contribution in [0.1, 0.15) is 10.4 Å². The fraction of sp³-hybridized carbons (Fsp3) is 0.125. The highest BCUT2D eigenvalue weighted by molar-refractivity contribution is 9.10. The molecule has 0 fully saturated rings. The monoisotopic (exact) mass is 424 g/mol. The lowest BCUT2D eigenvalue weighted by atomic mass is 10.2. The Morgan fingerprint density at radius 2 is 2.16 bits per heavy atom. The SMILES string of the molecule is O=C(NOCCO)c1cc2ccnn2cc1Nc1ccc(Br)cc1Cl. The van der Waals surface area contributed by atoms with E-state index in [1.165, 1.54) is 0 Å². The number of aliphatic hydroxyl groups excluding tert-OH is 1. The quantitative estimate of drug-likeness (QED) is 0.417. The summed E-state index contributed by atoms with van der Waals surface area (Å²) in [5.74, 6) is -0.451. The van der Waals surface area contributed by atoms with Gasteiger partial charge >= 0.3 is 0 Å². The van der Waals surface area contributed by atoms with Crippen LogP contribution < -0.4 is 10.8 Å². The molecule has 9 heteroatoms. The van der Waals surface area contributed by atoms with Crippen molar-refractivity contribution in [2.75, 3.05) is 18.5 Å². The summed E-state index contributed by atoms with van der Waals surface area (Å²) in [6, 6.07) is 8.84. The second kappa shape index (κ2) is 7.83. The van der Waals surface area contributed by atoms with Crippen LogP contribution in [0.5, 0.6) is 0 Å². The van der Waals surface area contributed by atoms with Crippen molar-refractivity contribution < 1.29 is 14.7 Å². The van der Waals surface area contributed by atoms with Crippen LogP contribution in [0.2, 0.25) is 5.02 Å². The molecule has 3 aromatic rings. The number of hydrogen-bond donors (Lipinski definition) is 3. The van der Waals surface area contributed by atoms with Gasteiger partial charge in [0.1, 0.15) is 0 Å². The fourth-order valence-corrected chi connectivity index (χ4v) is 2.93. The highest BCUT2D eigenvalue weighted by Gasteiger charge is 2.15. The van der Waals surface area contributed by atoms with Gasteiger partial charge in [-0.2, -0.15) is 5.10 Å². The van der Waals surface area contributed by atoms with Crippen LogP contribution in [0, 0.1) is 0 Å². The summed E-state index contributed by atoms with van der Waals surface area (Å²) in [4.78, 5) is 17.3. The van der Waals surface area contributed by atoms with Crippen molar-refractivity contribution in [3.63, 3.8) is 0 Å². The number of halogens is 2. The number of rotatable bonds is 6. The minimum absolute atomic E-state index is 0.00195. The van der Waals surface area contributed by atoms with Gasteiger partial charge in [0.05, 0.1) is 46.9 Å². The van der Waals surface area contributed by atoms with Crippen molar-refractivity contribution in [2.45, 2.75) is 0 Å². The predicted octanol–water partition coefficient (Wildman–Crippen LogP) is 3.15. The normalized spacial score (nSPS) is 10.8. The molecule has 0 bridgehead atoms. The van der Waals surface area contributed by atoms with E-state index in [0.29, 0.717) is 22.0 Å². The van der Waals surface area contributed by atoms with Crippen LogP contribution in [-0.2, 0) is 4.84 Å². The highest BCUT2D eigenvalue weighted by atomic mass is 79.9. The molecule has 2 aromatic heterocycles. The molecule has 3 rings (SSSR count). The lowest BCUT2D eigenvalue weighted by molar-refractivity contribution is 0.0169. The van der Waals surface area contributed by atoms with Crippen molar-refractivity contribution in [1.29, 1.82) is 0 Å². The molecule has 0 aliphatic rings. The Kier molecular flexibility index (Phi) is 5.54. The Bertz CT molecular complexity index is 916. The first kappa shape index (κ1) is 17.7. The number of amides is 1. The molecule has 0 saturated carbocycles. The zero-order chi connectivity index (χ0) is 17.8. The number of nitrogens with zero attached hydrogens (tertiary/aromatic N) is 2. The van der Waals surface area contributed by atoms with Gasteiger partial charge in [-0.1, -0.05) is 27.5 Å². The molecule has 25 heavy (non-hydrogen) atoms. The van der Waals surface area contributed by atoms with Crippen LogP contribution in [0.3, 0.4) is 0 Å². The van der Waals surface area contributed by atoms with Crippen LogP contribution in [0.4, 0.5) is 11.4 Å². The molecular formula is C16H14BrClN4O3. The first-order chi connectivity index (χ1) is 12.1. The van der Waals surface area contributed by atoms with E-state index in [4.69, 9.17) is 21.5 Å². The second-order valence-electron chi connectivity index (χ2n) is 5.05.